The monoisotopic (exact) mass is 514 g/mol. The van der Waals surface area contributed by atoms with Crippen molar-refractivity contribution in [1.82, 2.24) is 15.5 Å². The molecule has 1 unspecified atom stereocenters. The van der Waals surface area contributed by atoms with E-state index in [-0.39, 0.29) is 30.9 Å². The number of carbonyl (C=O) groups excluding carboxylic acids is 3. The van der Waals surface area contributed by atoms with Crippen molar-refractivity contribution < 1.29 is 19.1 Å². The maximum Gasteiger partial charge on any atom is 0.407 e. The van der Waals surface area contributed by atoms with Gasteiger partial charge in [0.2, 0.25) is 11.8 Å². The molecule has 0 saturated carbocycles. The van der Waals surface area contributed by atoms with Crippen LogP contribution in [-0.4, -0.2) is 60.6 Å². The van der Waals surface area contributed by atoms with Crippen LogP contribution in [0.3, 0.4) is 0 Å². The number of halogens is 1. The highest BCUT2D eigenvalue weighted by molar-refractivity contribution is 6.30. The Kier molecular flexibility index (Phi) is 9.20. The number of hydrogen-bond donors (Lipinski definition) is 2. The molecule has 1 saturated heterocycles. The Labute approximate surface area is 217 Å². The first-order valence-electron chi connectivity index (χ1n) is 12.1. The Morgan fingerprint density at radius 1 is 1.11 bits per heavy atom. The van der Waals surface area contributed by atoms with Gasteiger partial charge < -0.3 is 25.2 Å². The number of nitrogens with one attached hydrogen (secondary N) is 2. The van der Waals surface area contributed by atoms with Gasteiger partial charge in [-0.1, -0.05) is 41.4 Å². The van der Waals surface area contributed by atoms with Crippen molar-refractivity contribution in [1.29, 1.82) is 0 Å². The van der Waals surface area contributed by atoms with Gasteiger partial charge in [-0.25, -0.2) is 4.79 Å². The van der Waals surface area contributed by atoms with Gasteiger partial charge in [0.05, 0.1) is 19.1 Å². The largest absolute Gasteiger partial charge is 0.444 e. The maximum atomic E-state index is 13.1. The molecule has 1 fully saturated rings. The quantitative estimate of drug-likeness (QED) is 0.557. The number of aryl methyl sites for hydroxylation is 1. The zero-order valence-corrected chi connectivity index (χ0v) is 22.1. The highest BCUT2D eigenvalue weighted by Gasteiger charge is 2.30. The molecule has 1 heterocycles. The van der Waals surface area contributed by atoms with Gasteiger partial charge in [0, 0.05) is 30.3 Å². The lowest BCUT2D eigenvalue weighted by Gasteiger charge is -2.27. The Hall–Kier alpha value is -3.26. The number of benzene rings is 2. The smallest absolute Gasteiger partial charge is 0.407 e. The first-order valence-corrected chi connectivity index (χ1v) is 12.5. The van der Waals surface area contributed by atoms with Crippen LogP contribution in [-0.2, 0) is 20.9 Å². The predicted molar refractivity (Wildman–Crippen MR) is 141 cm³/mol. The summed E-state index contributed by atoms with van der Waals surface area (Å²) in [5, 5.41) is 6.35. The normalized spacial score (nSPS) is 15.4. The van der Waals surface area contributed by atoms with Crippen molar-refractivity contribution in [2.75, 3.05) is 31.1 Å². The number of anilines is 1. The second-order valence-corrected chi connectivity index (χ2v) is 10.5. The third kappa shape index (κ3) is 8.75. The summed E-state index contributed by atoms with van der Waals surface area (Å²) in [5.74, 6) is -0.305. The Morgan fingerprint density at radius 3 is 2.50 bits per heavy atom. The number of likely N-dealkylation sites (tertiary alicyclic amines) is 1. The van der Waals surface area contributed by atoms with Crippen LogP contribution in [0.2, 0.25) is 5.02 Å². The Bertz CT molecular complexity index is 1070. The van der Waals surface area contributed by atoms with Crippen LogP contribution in [0, 0.1) is 6.92 Å². The van der Waals surface area contributed by atoms with E-state index in [1.54, 1.807) is 21.9 Å². The number of amides is 3. The number of alkyl carbamates (subject to hydrolysis) is 1. The van der Waals surface area contributed by atoms with E-state index in [1.165, 1.54) is 0 Å². The van der Waals surface area contributed by atoms with E-state index in [9.17, 15) is 14.4 Å². The van der Waals surface area contributed by atoms with Crippen LogP contribution >= 0.6 is 11.6 Å². The predicted octanol–water partition coefficient (Wildman–Crippen LogP) is 3.90. The minimum Gasteiger partial charge on any atom is -0.444 e. The molecular weight excluding hydrogens is 480 g/mol. The fourth-order valence-electron chi connectivity index (χ4n) is 3.91. The zero-order chi connectivity index (χ0) is 26.3. The Balaban J connectivity index is 1.59. The molecule has 1 aliphatic heterocycles. The van der Waals surface area contributed by atoms with Crippen LogP contribution in [0.4, 0.5) is 10.5 Å². The number of hydrogen-bond acceptors (Lipinski definition) is 5. The molecule has 36 heavy (non-hydrogen) atoms. The summed E-state index contributed by atoms with van der Waals surface area (Å²) in [4.78, 5) is 41.5. The van der Waals surface area contributed by atoms with E-state index in [2.05, 4.69) is 10.6 Å². The van der Waals surface area contributed by atoms with E-state index in [4.69, 9.17) is 16.3 Å². The summed E-state index contributed by atoms with van der Waals surface area (Å²) in [6.45, 7) is 8.77. The highest BCUT2D eigenvalue weighted by atomic mass is 35.5. The lowest BCUT2D eigenvalue weighted by Crippen LogP contribution is -2.45. The van der Waals surface area contributed by atoms with Crippen LogP contribution in [0.25, 0.3) is 0 Å². The summed E-state index contributed by atoms with van der Waals surface area (Å²) in [5.41, 5.74) is 2.19. The third-order valence-electron chi connectivity index (χ3n) is 5.70. The summed E-state index contributed by atoms with van der Waals surface area (Å²) < 4.78 is 5.32. The molecule has 2 aromatic rings. The second kappa shape index (κ2) is 12.1. The molecule has 1 atom stereocenters. The molecule has 9 heteroatoms. The van der Waals surface area contributed by atoms with E-state index < -0.39 is 11.7 Å². The molecule has 194 valence electrons. The fourth-order valence-corrected chi connectivity index (χ4v) is 4.13. The number of rotatable bonds is 8. The molecule has 1 aliphatic rings. The van der Waals surface area contributed by atoms with Crippen LogP contribution in [0.5, 0.6) is 0 Å². The minimum absolute atomic E-state index is 0.0305. The van der Waals surface area contributed by atoms with Gasteiger partial charge in [0.15, 0.2) is 0 Å². The molecule has 3 amide bonds. The van der Waals surface area contributed by atoms with Gasteiger partial charge in [-0.05, 0) is 63.9 Å². The van der Waals surface area contributed by atoms with E-state index >= 15 is 0 Å². The number of nitrogens with zero attached hydrogens (tertiary/aromatic N) is 2. The summed E-state index contributed by atoms with van der Waals surface area (Å²) in [6.07, 6.45) is 0.162. The van der Waals surface area contributed by atoms with Crippen molar-refractivity contribution in [2.45, 2.75) is 52.3 Å². The molecule has 0 aromatic heterocycles. The van der Waals surface area contributed by atoms with Crippen molar-refractivity contribution in [3.05, 3.63) is 64.7 Å². The van der Waals surface area contributed by atoms with Crippen molar-refractivity contribution in [3.8, 4) is 0 Å². The Morgan fingerprint density at radius 2 is 1.83 bits per heavy atom. The van der Waals surface area contributed by atoms with E-state index in [0.29, 0.717) is 31.1 Å². The number of ether oxygens (including phenoxy) is 1. The van der Waals surface area contributed by atoms with Gasteiger partial charge in [-0.2, -0.15) is 0 Å². The van der Waals surface area contributed by atoms with Crippen molar-refractivity contribution >= 4 is 35.2 Å². The number of carbonyl (C=O) groups is 3. The van der Waals surface area contributed by atoms with Crippen LogP contribution in [0.15, 0.2) is 48.5 Å². The SMILES string of the molecule is Cc1ccc(N(CC(=O)NCc2cccc(Cl)c2)CC(=O)N2CCC(NC(=O)OC(C)(C)C)C2)cc1. The average Bonchev–Trinajstić information content (AvgIpc) is 3.25. The molecule has 0 bridgehead atoms. The molecule has 3 rings (SSSR count). The van der Waals surface area contributed by atoms with Gasteiger partial charge >= 0.3 is 6.09 Å². The molecule has 0 spiro atoms. The highest BCUT2D eigenvalue weighted by Crippen LogP contribution is 2.17. The van der Waals surface area contributed by atoms with E-state index in [1.807, 2.05) is 64.1 Å². The van der Waals surface area contributed by atoms with E-state index in [0.717, 1.165) is 16.8 Å². The van der Waals surface area contributed by atoms with Gasteiger partial charge in [-0.15, -0.1) is 0 Å². The van der Waals surface area contributed by atoms with Crippen molar-refractivity contribution in [3.63, 3.8) is 0 Å². The molecule has 8 nitrogen and oxygen atoms in total. The first-order chi connectivity index (χ1) is 17.0. The third-order valence-corrected chi connectivity index (χ3v) is 5.94. The average molecular weight is 515 g/mol. The van der Waals surface area contributed by atoms with Crippen molar-refractivity contribution in [2.24, 2.45) is 0 Å². The fraction of sp³-hybridized carbons (Fsp3) is 0.444. The topological polar surface area (TPSA) is 91.0 Å². The second-order valence-electron chi connectivity index (χ2n) is 10.1. The lowest BCUT2D eigenvalue weighted by atomic mass is 10.2. The summed E-state index contributed by atoms with van der Waals surface area (Å²) >= 11 is 6.03. The lowest BCUT2D eigenvalue weighted by molar-refractivity contribution is -0.128. The van der Waals surface area contributed by atoms with Crippen LogP contribution in [0.1, 0.15) is 38.3 Å². The molecule has 2 aromatic carbocycles. The van der Waals surface area contributed by atoms with Gasteiger partial charge in [0.1, 0.15) is 5.60 Å². The molecular formula is C27H35ClN4O4. The molecule has 0 radical (unpaired) electrons. The first kappa shape index (κ1) is 27.3. The standard InChI is InChI=1S/C27H35ClN4O4/c1-19-8-10-23(11-9-19)32(17-24(33)29-15-20-6-5-7-21(28)14-20)18-25(34)31-13-12-22(16-31)30-26(35)36-27(2,3)4/h5-11,14,22H,12-13,15-18H2,1-4H3,(H,29,33)(H,30,35). The summed E-state index contributed by atoms with van der Waals surface area (Å²) in [7, 11) is 0. The summed E-state index contributed by atoms with van der Waals surface area (Å²) in [6, 6.07) is 14.9. The molecule has 2 N–H and O–H groups in total. The zero-order valence-electron chi connectivity index (χ0n) is 21.3. The molecule has 0 aliphatic carbocycles. The van der Waals surface area contributed by atoms with Crippen LogP contribution < -0.4 is 15.5 Å². The minimum atomic E-state index is -0.583. The van der Waals surface area contributed by atoms with Gasteiger partial charge in [0.25, 0.3) is 0 Å². The maximum absolute atomic E-state index is 13.1. The van der Waals surface area contributed by atoms with Gasteiger partial charge in [-0.3, -0.25) is 9.59 Å².